The number of aryl methyl sites for hydroxylation is 2. The molecule has 0 radical (unpaired) electrons. The minimum absolute atomic E-state index is 0.383. The summed E-state index contributed by atoms with van der Waals surface area (Å²) in [6, 6.07) is -0.383. The van der Waals surface area contributed by atoms with E-state index in [0.717, 1.165) is 41.8 Å². The lowest BCUT2D eigenvalue weighted by molar-refractivity contribution is -0.145. The summed E-state index contributed by atoms with van der Waals surface area (Å²) in [7, 11) is 0. The Hall–Kier alpha value is -0.880. The number of likely N-dealkylation sites (tertiary alicyclic amines) is 1. The number of hydrogen-bond acceptors (Lipinski definition) is 3. The topological polar surface area (TPSA) is 58.4 Å². The Kier molecular flexibility index (Phi) is 4.86. The van der Waals surface area contributed by atoms with Crippen LogP contribution in [-0.2, 0) is 17.9 Å². The summed E-state index contributed by atoms with van der Waals surface area (Å²) in [4.78, 5) is 13.5. The van der Waals surface area contributed by atoms with Gasteiger partial charge in [0.05, 0.1) is 15.9 Å². The fourth-order valence-corrected chi connectivity index (χ4v) is 3.26. The quantitative estimate of drug-likeness (QED) is 0.912. The first-order valence-electron chi connectivity index (χ1n) is 7.12. The number of hydrogen-bond donors (Lipinski definition) is 1. The van der Waals surface area contributed by atoms with Gasteiger partial charge in [0.15, 0.2) is 0 Å². The third kappa shape index (κ3) is 3.06. The van der Waals surface area contributed by atoms with E-state index in [0.29, 0.717) is 12.5 Å². The Morgan fingerprint density at radius 3 is 2.85 bits per heavy atom. The van der Waals surface area contributed by atoms with Crippen LogP contribution < -0.4 is 0 Å². The van der Waals surface area contributed by atoms with Gasteiger partial charge >= 0.3 is 5.97 Å². The van der Waals surface area contributed by atoms with Crippen molar-refractivity contribution >= 4 is 21.9 Å². The SMILES string of the molecule is CCn1nc(C)c(Br)c1CN1CCC(C)CC1C(=O)O. The highest BCUT2D eigenvalue weighted by Crippen LogP contribution is 2.28. The van der Waals surface area contributed by atoms with E-state index in [4.69, 9.17) is 0 Å². The molecule has 1 fully saturated rings. The van der Waals surface area contributed by atoms with Crippen molar-refractivity contribution in [1.82, 2.24) is 14.7 Å². The maximum atomic E-state index is 11.5. The van der Waals surface area contributed by atoms with E-state index in [1.165, 1.54) is 0 Å². The zero-order valence-electron chi connectivity index (χ0n) is 12.3. The maximum absolute atomic E-state index is 11.5. The summed E-state index contributed by atoms with van der Waals surface area (Å²) in [5.41, 5.74) is 2.03. The van der Waals surface area contributed by atoms with Gasteiger partial charge in [-0.15, -0.1) is 0 Å². The molecule has 0 saturated carbocycles. The highest BCUT2D eigenvalue weighted by molar-refractivity contribution is 9.10. The van der Waals surface area contributed by atoms with Gasteiger partial charge < -0.3 is 5.11 Å². The Morgan fingerprint density at radius 2 is 2.25 bits per heavy atom. The Bertz CT molecular complexity index is 501. The van der Waals surface area contributed by atoms with E-state index in [-0.39, 0.29) is 6.04 Å². The molecule has 1 aromatic heterocycles. The number of piperidine rings is 1. The molecule has 2 unspecified atom stereocenters. The van der Waals surface area contributed by atoms with Crippen LogP contribution >= 0.6 is 15.9 Å². The molecule has 0 spiro atoms. The Labute approximate surface area is 128 Å². The molecule has 2 rings (SSSR count). The average Bonchev–Trinajstić information content (AvgIpc) is 2.68. The van der Waals surface area contributed by atoms with E-state index >= 15 is 0 Å². The lowest BCUT2D eigenvalue weighted by Gasteiger charge is -2.36. The largest absolute Gasteiger partial charge is 0.480 e. The molecule has 2 atom stereocenters. The van der Waals surface area contributed by atoms with Gasteiger partial charge in [-0.05, 0) is 55.1 Å². The van der Waals surface area contributed by atoms with Crippen molar-refractivity contribution in [2.24, 2.45) is 5.92 Å². The monoisotopic (exact) mass is 343 g/mol. The molecule has 6 heteroatoms. The van der Waals surface area contributed by atoms with Crippen LogP contribution in [0.2, 0.25) is 0 Å². The molecule has 0 amide bonds. The normalized spacial score (nSPS) is 24.0. The van der Waals surface area contributed by atoms with Gasteiger partial charge in [0.1, 0.15) is 6.04 Å². The van der Waals surface area contributed by atoms with E-state index in [1.54, 1.807) is 0 Å². The van der Waals surface area contributed by atoms with Crippen LogP contribution in [0.3, 0.4) is 0 Å². The van der Waals surface area contributed by atoms with E-state index < -0.39 is 5.97 Å². The van der Waals surface area contributed by atoms with E-state index in [1.807, 2.05) is 11.6 Å². The van der Waals surface area contributed by atoms with Crippen molar-refractivity contribution in [2.45, 2.75) is 52.7 Å². The molecule has 5 nitrogen and oxygen atoms in total. The minimum Gasteiger partial charge on any atom is -0.480 e. The van der Waals surface area contributed by atoms with Crippen LogP contribution in [-0.4, -0.2) is 38.3 Å². The standard InChI is InChI=1S/C14H22BrN3O2/c1-4-18-12(13(15)10(3)16-18)8-17-6-5-9(2)7-11(17)14(19)20/h9,11H,4-8H2,1-3H3,(H,19,20). The molecule has 1 aliphatic rings. The summed E-state index contributed by atoms with van der Waals surface area (Å²) in [6.45, 7) is 8.41. The minimum atomic E-state index is -0.716. The van der Waals surface area contributed by atoms with Crippen LogP contribution in [0.15, 0.2) is 4.47 Å². The highest BCUT2D eigenvalue weighted by Gasteiger charge is 2.32. The number of carboxylic acid groups (broad SMARTS) is 1. The van der Waals surface area contributed by atoms with Crippen LogP contribution in [0.4, 0.5) is 0 Å². The first kappa shape index (κ1) is 15.5. The van der Waals surface area contributed by atoms with Crippen molar-refractivity contribution in [2.75, 3.05) is 6.54 Å². The van der Waals surface area contributed by atoms with Crippen molar-refractivity contribution in [1.29, 1.82) is 0 Å². The number of aliphatic carboxylic acids is 1. The van der Waals surface area contributed by atoms with Gasteiger partial charge in [0.25, 0.3) is 0 Å². The van der Waals surface area contributed by atoms with Crippen LogP contribution in [0.1, 0.15) is 38.1 Å². The molecule has 1 aliphatic heterocycles. The molecular formula is C14H22BrN3O2. The predicted molar refractivity (Wildman–Crippen MR) is 80.6 cm³/mol. The van der Waals surface area contributed by atoms with Crippen LogP contribution in [0, 0.1) is 12.8 Å². The molecular weight excluding hydrogens is 322 g/mol. The van der Waals surface area contributed by atoms with Gasteiger partial charge in [0, 0.05) is 13.1 Å². The molecule has 1 aromatic rings. The molecule has 1 N–H and O–H groups in total. The highest BCUT2D eigenvalue weighted by atomic mass is 79.9. The van der Waals surface area contributed by atoms with Gasteiger partial charge in [0.2, 0.25) is 0 Å². The van der Waals surface area contributed by atoms with Gasteiger partial charge in [-0.25, -0.2) is 0 Å². The first-order chi connectivity index (χ1) is 9.43. The second-order valence-electron chi connectivity index (χ2n) is 5.62. The van der Waals surface area contributed by atoms with Gasteiger partial charge in [-0.3, -0.25) is 14.4 Å². The van der Waals surface area contributed by atoms with Crippen molar-refractivity contribution in [3.8, 4) is 0 Å². The molecule has 2 heterocycles. The van der Waals surface area contributed by atoms with E-state index in [2.05, 4.69) is 39.8 Å². The average molecular weight is 344 g/mol. The van der Waals surface area contributed by atoms with E-state index in [9.17, 15) is 9.90 Å². The third-order valence-electron chi connectivity index (χ3n) is 4.07. The zero-order chi connectivity index (χ0) is 14.9. The third-order valence-corrected chi connectivity index (χ3v) is 5.10. The summed E-state index contributed by atoms with van der Waals surface area (Å²) < 4.78 is 2.96. The zero-order valence-corrected chi connectivity index (χ0v) is 13.9. The molecule has 20 heavy (non-hydrogen) atoms. The Morgan fingerprint density at radius 1 is 1.55 bits per heavy atom. The molecule has 1 saturated heterocycles. The smallest absolute Gasteiger partial charge is 0.320 e. The predicted octanol–water partition coefficient (Wildman–Crippen LogP) is 2.66. The second-order valence-corrected chi connectivity index (χ2v) is 6.41. The maximum Gasteiger partial charge on any atom is 0.320 e. The van der Waals surface area contributed by atoms with Crippen molar-refractivity contribution < 1.29 is 9.90 Å². The lowest BCUT2D eigenvalue weighted by atomic mass is 9.92. The molecule has 0 bridgehead atoms. The number of rotatable bonds is 4. The fourth-order valence-electron chi connectivity index (χ4n) is 2.85. The molecule has 0 aliphatic carbocycles. The number of aromatic nitrogens is 2. The summed E-state index contributed by atoms with van der Waals surface area (Å²) >= 11 is 3.58. The van der Waals surface area contributed by atoms with Crippen LogP contribution in [0.5, 0.6) is 0 Å². The first-order valence-corrected chi connectivity index (χ1v) is 7.92. The van der Waals surface area contributed by atoms with Gasteiger partial charge in [-0.1, -0.05) is 6.92 Å². The van der Waals surface area contributed by atoms with Gasteiger partial charge in [-0.2, -0.15) is 5.10 Å². The number of carboxylic acids is 1. The van der Waals surface area contributed by atoms with Crippen molar-refractivity contribution in [3.05, 3.63) is 15.9 Å². The number of halogens is 1. The fraction of sp³-hybridized carbons (Fsp3) is 0.714. The van der Waals surface area contributed by atoms with Crippen LogP contribution in [0.25, 0.3) is 0 Å². The molecule has 0 aromatic carbocycles. The summed E-state index contributed by atoms with van der Waals surface area (Å²) in [5, 5.41) is 13.9. The summed E-state index contributed by atoms with van der Waals surface area (Å²) in [5.74, 6) is -0.236. The lowest BCUT2D eigenvalue weighted by Crippen LogP contribution is -2.46. The summed E-state index contributed by atoms with van der Waals surface area (Å²) in [6.07, 6.45) is 1.78. The Balaban J connectivity index is 2.21. The van der Waals surface area contributed by atoms with Crippen molar-refractivity contribution in [3.63, 3.8) is 0 Å². The second kappa shape index (κ2) is 6.26. The molecule has 112 valence electrons. The number of nitrogens with zero attached hydrogens (tertiary/aromatic N) is 3. The number of carbonyl (C=O) groups is 1.